The van der Waals surface area contributed by atoms with Gasteiger partial charge >= 0.3 is 0 Å². The predicted octanol–water partition coefficient (Wildman–Crippen LogP) is 1.21. The fourth-order valence-electron chi connectivity index (χ4n) is 2.25. The monoisotopic (exact) mass is 269 g/mol. The lowest BCUT2D eigenvalue weighted by Crippen LogP contribution is -2.28. The molecule has 5 heteroatoms. The Kier molecular flexibility index (Phi) is 3.75. The highest BCUT2D eigenvalue weighted by Crippen LogP contribution is 2.51. The Morgan fingerprint density at radius 3 is 2.61 bits per heavy atom. The Balaban J connectivity index is 2.19. The van der Waals surface area contributed by atoms with Crippen molar-refractivity contribution in [2.45, 2.75) is 23.5 Å². The zero-order chi connectivity index (χ0) is 13.2. The van der Waals surface area contributed by atoms with Gasteiger partial charge in [-0.25, -0.2) is 8.42 Å². The lowest BCUT2D eigenvalue weighted by molar-refractivity contribution is 0.104. The van der Waals surface area contributed by atoms with E-state index in [-0.39, 0.29) is 5.41 Å². The van der Waals surface area contributed by atoms with Gasteiger partial charge in [-0.05, 0) is 25.5 Å². The van der Waals surface area contributed by atoms with E-state index in [1.807, 2.05) is 13.0 Å². The molecule has 0 spiro atoms. The van der Waals surface area contributed by atoms with Crippen LogP contribution in [-0.4, -0.2) is 33.4 Å². The average molecular weight is 269 g/mol. The molecule has 1 aliphatic rings. The Morgan fingerprint density at radius 2 is 2.06 bits per heavy atom. The molecule has 1 aliphatic carbocycles. The molecule has 100 valence electrons. The van der Waals surface area contributed by atoms with Gasteiger partial charge in [0.15, 0.2) is 9.84 Å². The molecule has 0 unspecified atom stereocenters. The van der Waals surface area contributed by atoms with Crippen molar-refractivity contribution in [2.24, 2.45) is 11.1 Å². The van der Waals surface area contributed by atoms with E-state index in [2.05, 4.69) is 0 Å². The van der Waals surface area contributed by atoms with Crippen LogP contribution in [0, 0.1) is 5.41 Å². The third kappa shape index (κ3) is 2.30. The van der Waals surface area contributed by atoms with Crippen LogP contribution in [0.4, 0.5) is 0 Å². The Bertz CT molecular complexity index is 500. The maximum Gasteiger partial charge on any atom is 0.181 e. The smallest absolute Gasteiger partial charge is 0.181 e. The molecule has 1 saturated carbocycles. The Labute approximate surface area is 108 Å². The van der Waals surface area contributed by atoms with Crippen molar-refractivity contribution in [1.29, 1.82) is 0 Å². The molecule has 1 aromatic carbocycles. The first-order chi connectivity index (χ1) is 8.57. The standard InChI is InChI=1S/C13H19NO3S/c1-2-17-10-13(9-14)8-12(13)18(15,16)11-6-4-3-5-7-11/h3-7,12H,2,8-10,14H2,1H3/t12-,13+/m0/s1. The van der Waals surface area contributed by atoms with Gasteiger partial charge in [0.1, 0.15) is 0 Å². The third-order valence-corrected chi connectivity index (χ3v) is 5.91. The number of ether oxygens (including phenoxy) is 1. The van der Waals surface area contributed by atoms with E-state index in [9.17, 15) is 8.42 Å². The maximum absolute atomic E-state index is 12.4. The van der Waals surface area contributed by atoms with Crippen LogP contribution < -0.4 is 5.73 Å². The second-order valence-corrected chi connectivity index (χ2v) is 6.88. The second-order valence-electron chi connectivity index (χ2n) is 4.75. The minimum atomic E-state index is -3.28. The summed E-state index contributed by atoms with van der Waals surface area (Å²) in [6.07, 6.45) is 0.598. The van der Waals surface area contributed by atoms with Crippen molar-refractivity contribution in [3.8, 4) is 0 Å². The Hall–Kier alpha value is -0.910. The molecule has 0 aromatic heterocycles. The van der Waals surface area contributed by atoms with Gasteiger partial charge < -0.3 is 10.5 Å². The average Bonchev–Trinajstić information content (AvgIpc) is 3.14. The molecule has 0 heterocycles. The van der Waals surface area contributed by atoms with Gasteiger partial charge in [-0.15, -0.1) is 0 Å². The summed E-state index contributed by atoms with van der Waals surface area (Å²) in [5.74, 6) is 0. The fraction of sp³-hybridized carbons (Fsp3) is 0.538. The zero-order valence-electron chi connectivity index (χ0n) is 10.5. The van der Waals surface area contributed by atoms with Crippen molar-refractivity contribution >= 4 is 9.84 Å². The van der Waals surface area contributed by atoms with Crippen LogP contribution in [0.25, 0.3) is 0 Å². The van der Waals surface area contributed by atoms with E-state index >= 15 is 0 Å². The van der Waals surface area contributed by atoms with Crippen LogP contribution in [-0.2, 0) is 14.6 Å². The zero-order valence-corrected chi connectivity index (χ0v) is 11.3. The van der Waals surface area contributed by atoms with Crippen LogP contribution in [0.5, 0.6) is 0 Å². The van der Waals surface area contributed by atoms with Crippen molar-refractivity contribution in [3.05, 3.63) is 30.3 Å². The summed E-state index contributed by atoms with van der Waals surface area (Å²) in [5.41, 5.74) is 5.35. The molecule has 2 N–H and O–H groups in total. The number of nitrogens with two attached hydrogens (primary N) is 1. The summed E-state index contributed by atoms with van der Waals surface area (Å²) < 4.78 is 30.2. The summed E-state index contributed by atoms with van der Waals surface area (Å²) in [5, 5.41) is -0.399. The van der Waals surface area contributed by atoms with Crippen molar-refractivity contribution < 1.29 is 13.2 Å². The predicted molar refractivity (Wildman–Crippen MR) is 70.0 cm³/mol. The van der Waals surface area contributed by atoms with Crippen molar-refractivity contribution in [3.63, 3.8) is 0 Å². The molecule has 0 aliphatic heterocycles. The molecule has 1 fully saturated rings. The maximum atomic E-state index is 12.4. The molecule has 1 aromatic rings. The lowest BCUT2D eigenvalue weighted by Gasteiger charge is -2.14. The van der Waals surface area contributed by atoms with Gasteiger partial charge in [0.2, 0.25) is 0 Å². The first-order valence-corrected chi connectivity index (χ1v) is 7.68. The molecular weight excluding hydrogens is 250 g/mol. The molecule has 0 saturated heterocycles. The van der Waals surface area contributed by atoms with Crippen LogP contribution in [0.2, 0.25) is 0 Å². The van der Waals surface area contributed by atoms with E-state index in [1.54, 1.807) is 24.3 Å². The number of benzene rings is 1. The van der Waals surface area contributed by atoms with Crippen LogP contribution >= 0.6 is 0 Å². The first kappa shape index (κ1) is 13.5. The molecule has 2 rings (SSSR count). The number of rotatable bonds is 6. The highest BCUT2D eigenvalue weighted by atomic mass is 32.2. The van der Waals surface area contributed by atoms with Gasteiger partial charge in [-0.3, -0.25) is 0 Å². The summed E-state index contributed by atoms with van der Waals surface area (Å²) in [7, 11) is -3.28. The SMILES string of the molecule is CCOC[C@]1(CN)C[C@@H]1S(=O)(=O)c1ccccc1. The number of hydrogen-bond donors (Lipinski definition) is 1. The normalized spacial score (nSPS) is 27.1. The summed E-state index contributed by atoms with van der Waals surface area (Å²) in [4.78, 5) is 0.377. The number of hydrogen-bond acceptors (Lipinski definition) is 4. The highest BCUT2D eigenvalue weighted by molar-refractivity contribution is 7.92. The van der Waals surface area contributed by atoms with E-state index < -0.39 is 15.1 Å². The Morgan fingerprint density at radius 1 is 1.39 bits per heavy atom. The molecule has 18 heavy (non-hydrogen) atoms. The molecule has 0 amide bonds. The molecule has 0 radical (unpaired) electrons. The van der Waals surface area contributed by atoms with Gasteiger partial charge in [-0.2, -0.15) is 0 Å². The third-order valence-electron chi connectivity index (χ3n) is 3.56. The summed E-state index contributed by atoms with van der Waals surface area (Å²) in [6.45, 7) is 3.26. The van der Waals surface area contributed by atoms with E-state index in [0.29, 0.717) is 31.1 Å². The molecule has 0 bridgehead atoms. The van der Waals surface area contributed by atoms with Gasteiger partial charge in [0, 0.05) is 18.6 Å². The topological polar surface area (TPSA) is 69.4 Å². The van der Waals surface area contributed by atoms with E-state index in [1.165, 1.54) is 0 Å². The highest BCUT2D eigenvalue weighted by Gasteiger charge is 2.60. The molecular formula is C13H19NO3S. The molecule has 4 nitrogen and oxygen atoms in total. The van der Waals surface area contributed by atoms with Crippen LogP contribution in [0.3, 0.4) is 0 Å². The quantitative estimate of drug-likeness (QED) is 0.843. The van der Waals surface area contributed by atoms with Crippen molar-refractivity contribution in [1.82, 2.24) is 0 Å². The summed E-state index contributed by atoms with van der Waals surface area (Å²) in [6, 6.07) is 8.55. The first-order valence-electron chi connectivity index (χ1n) is 6.13. The van der Waals surface area contributed by atoms with E-state index in [0.717, 1.165) is 0 Å². The van der Waals surface area contributed by atoms with Crippen LogP contribution in [0.15, 0.2) is 35.2 Å². The van der Waals surface area contributed by atoms with E-state index in [4.69, 9.17) is 10.5 Å². The number of sulfone groups is 1. The lowest BCUT2D eigenvalue weighted by atomic mass is 10.1. The fourth-order valence-corrected chi connectivity index (χ4v) is 4.49. The van der Waals surface area contributed by atoms with Crippen LogP contribution in [0.1, 0.15) is 13.3 Å². The van der Waals surface area contributed by atoms with Gasteiger partial charge in [-0.1, -0.05) is 18.2 Å². The molecule has 2 atom stereocenters. The van der Waals surface area contributed by atoms with Gasteiger partial charge in [0.05, 0.1) is 16.8 Å². The summed E-state index contributed by atoms with van der Waals surface area (Å²) >= 11 is 0. The van der Waals surface area contributed by atoms with Crippen molar-refractivity contribution in [2.75, 3.05) is 19.8 Å². The minimum Gasteiger partial charge on any atom is -0.381 e. The largest absolute Gasteiger partial charge is 0.381 e. The second kappa shape index (κ2) is 4.99. The minimum absolute atomic E-state index is 0.351. The van der Waals surface area contributed by atoms with Gasteiger partial charge in [0.25, 0.3) is 0 Å².